The zero-order valence-corrected chi connectivity index (χ0v) is 9.19. The molecule has 0 saturated heterocycles. The highest BCUT2D eigenvalue weighted by Gasteiger charge is 2.50. The predicted molar refractivity (Wildman–Crippen MR) is 52.5 cm³/mol. The van der Waals surface area contributed by atoms with Gasteiger partial charge >= 0.3 is 0 Å². The van der Waals surface area contributed by atoms with Crippen LogP contribution in [0.4, 0.5) is 0 Å². The summed E-state index contributed by atoms with van der Waals surface area (Å²) in [6.07, 6.45) is 0.965. The minimum absolute atomic E-state index is 0.0902. The largest absolute Gasteiger partial charge is 0.348 e. The number of carbonyl (C=O) groups is 1. The quantitative estimate of drug-likeness (QED) is 0.752. The van der Waals surface area contributed by atoms with Crippen LogP contribution in [0.25, 0.3) is 0 Å². The van der Waals surface area contributed by atoms with Crippen molar-refractivity contribution in [1.82, 2.24) is 25.5 Å². The first-order chi connectivity index (χ1) is 6.99. The molecule has 0 radical (unpaired) electrons. The fourth-order valence-corrected chi connectivity index (χ4v) is 1.60. The zero-order valence-electron chi connectivity index (χ0n) is 9.19. The van der Waals surface area contributed by atoms with E-state index in [1.807, 2.05) is 0 Å². The number of nitrogens with zero attached hydrogens (tertiary/aromatic N) is 4. The molecule has 82 valence electrons. The highest BCUT2D eigenvalue weighted by atomic mass is 16.2. The molecule has 6 nitrogen and oxygen atoms in total. The van der Waals surface area contributed by atoms with Gasteiger partial charge in [0.1, 0.15) is 0 Å². The Kier molecular flexibility index (Phi) is 2.21. The summed E-state index contributed by atoms with van der Waals surface area (Å²) in [6.45, 7) is 4.55. The summed E-state index contributed by atoms with van der Waals surface area (Å²) in [5.41, 5.74) is 0.167. The van der Waals surface area contributed by atoms with Gasteiger partial charge in [-0.05, 0) is 17.0 Å². The highest BCUT2D eigenvalue weighted by Crippen LogP contribution is 2.51. The van der Waals surface area contributed by atoms with Gasteiger partial charge in [0, 0.05) is 5.92 Å². The zero-order chi connectivity index (χ0) is 11.1. The summed E-state index contributed by atoms with van der Waals surface area (Å²) >= 11 is 0. The van der Waals surface area contributed by atoms with Crippen LogP contribution in [0.1, 0.15) is 26.1 Å². The molecule has 2 rings (SSSR count). The predicted octanol–water partition coefficient (Wildman–Crippen LogP) is -0.128. The third kappa shape index (κ3) is 2.14. The molecule has 1 aliphatic rings. The summed E-state index contributed by atoms with van der Waals surface area (Å²) in [5, 5.41) is 14.3. The van der Waals surface area contributed by atoms with E-state index in [1.165, 1.54) is 4.80 Å². The lowest BCUT2D eigenvalue weighted by Gasteiger charge is -2.03. The van der Waals surface area contributed by atoms with Gasteiger partial charge in [0.2, 0.25) is 5.91 Å². The average molecular weight is 209 g/mol. The third-order valence-corrected chi connectivity index (χ3v) is 2.80. The number of nitrogens with one attached hydrogen (secondary N) is 1. The molecule has 6 heteroatoms. The van der Waals surface area contributed by atoms with Crippen LogP contribution in [0.2, 0.25) is 0 Å². The number of aryl methyl sites for hydroxylation is 1. The fourth-order valence-electron chi connectivity index (χ4n) is 1.60. The summed E-state index contributed by atoms with van der Waals surface area (Å²) in [7, 11) is 1.70. The Morgan fingerprint density at radius 1 is 1.67 bits per heavy atom. The van der Waals surface area contributed by atoms with Crippen LogP contribution in [-0.2, 0) is 18.4 Å². The molecular formula is C9H15N5O. The lowest BCUT2D eigenvalue weighted by Crippen LogP contribution is -2.26. The van der Waals surface area contributed by atoms with E-state index in [2.05, 4.69) is 34.6 Å². The van der Waals surface area contributed by atoms with E-state index < -0.39 is 0 Å². The van der Waals surface area contributed by atoms with Crippen LogP contribution in [0.5, 0.6) is 0 Å². The van der Waals surface area contributed by atoms with E-state index in [-0.39, 0.29) is 17.2 Å². The van der Waals surface area contributed by atoms with E-state index in [0.29, 0.717) is 12.4 Å². The summed E-state index contributed by atoms with van der Waals surface area (Å²) < 4.78 is 0. The molecule has 1 aromatic heterocycles. The van der Waals surface area contributed by atoms with Crippen molar-refractivity contribution in [1.29, 1.82) is 0 Å². The Bertz CT molecular complexity index is 384. The second-order valence-electron chi connectivity index (χ2n) is 4.66. The number of tetrazole rings is 1. The molecule has 0 bridgehead atoms. The summed E-state index contributed by atoms with van der Waals surface area (Å²) in [6, 6.07) is 0. The molecule has 1 amide bonds. The molecule has 0 spiro atoms. The van der Waals surface area contributed by atoms with Crippen molar-refractivity contribution in [2.45, 2.75) is 26.8 Å². The van der Waals surface area contributed by atoms with Crippen LogP contribution in [0.15, 0.2) is 0 Å². The van der Waals surface area contributed by atoms with Gasteiger partial charge in [0.05, 0.1) is 13.6 Å². The van der Waals surface area contributed by atoms with Crippen molar-refractivity contribution in [2.75, 3.05) is 0 Å². The minimum Gasteiger partial charge on any atom is -0.348 e. The average Bonchev–Trinajstić information content (AvgIpc) is 2.59. The molecule has 1 aromatic rings. The Morgan fingerprint density at radius 3 is 2.80 bits per heavy atom. The molecule has 1 fully saturated rings. The van der Waals surface area contributed by atoms with Gasteiger partial charge in [-0.1, -0.05) is 13.8 Å². The van der Waals surface area contributed by atoms with Crippen molar-refractivity contribution in [3.05, 3.63) is 5.82 Å². The highest BCUT2D eigenvalue weighted by molar-refractivity contribution is 5.82. The number of amides is 1. The van der Waals surface area contributed by atoms with E-state index in [9.17, 15) is 4.79 Å². The van der Waals surface area contributed by atoms with Gasteiger partial charge in [-0.15, -0.1) is 10.2 Å². The molecule has 0 aliphatic heterocycles. The molecule has 1 aliphatic carbocycles. The standard InChI is InChI=1S/C9H15N5O/c1-9(2)4-6(9)8(15)10-5-7-11-13-14(3)12-7/h6H,4-5H2,1-3H3,(H,10,15)/t6-/m1/s1. The van der Waals surface area contributed by atoms with Crippen molar-refractivity contribution < 1.29 is 4.79 Å². The van der Waals surface area contributed by atoms with Gasteiger partial charge in [-0.2, -0.15) is 4.80 Å². The van der Waals surface area contributed by atoms with Gasteiger partial charge < -0.3 is 5.32 Å². The van der Waals surface area contributed by atoms with E-state index in [0.717, 1.165) is 6.42 Å². The van der Waals surface area contributed by atoms with Gasteiger partial charge in [-0.3, -0.25) is 4.79 Å². The molecule has 0 unspecified atom stereocenters. The summed E-state index contributed by atoms with van der Waals surface area (Å²) in [4.78, 5) is 13.0. The number of carbonyl (C=O) groups excluding carboxylic acids is 1. The first kappa shape index (κ1) is 10.1. The SMILES string of the molecule is Cn1nnc(CNC(=O)[C@H]2CC2(C)C)n1. The van der Waals surface area contributed by atoms with Gasteiger partial charge in [-0.25, -0.2) is 0 Å². The first-order valence-electron chi connectivity index (χ1n) is 4.99. The van der Waals surface area contributed by atoms with Crippen LogP contribution in [0.3, 0.4) is 0 Å². The minimum atomic E-state index is 0.0902. The fraction of sp³-hybridized carbons (Fsp3) is 0.778. The number of hydrogen-bond acceptors (Lipinski definition) is 4. The molecule has 1 N–H and O–H groups in total. The van der Waals surface area contributed by atoms with Crippen molar-refractivity contribution in [3.63, 3.8) is 0 Å². The Hall–Kier alpha value is -1.46. The topological polar surface area (TPSA) is 72.7 Å². The molecule has 1 saturated carbocycles. The third-order valence-electron chi connectivity index (χ3n) is 2.80. The van der Waals surface area contributed by atoms with Crippen LogP contribution >= 0.6 is 0 Å². The molecular weight excluding hydrogens is 194 g/mol. The van der Waals surface area contributed by atoms with Crippen LogP contribution < -0.4 is 5.32 Å². The molecule has 15 heavy (non-hydrogen) atoms. The van der Waals surface area contributed by atoms with Crippen molar-refractivity contribution in [3.8, 4) is 0 Å². The lowest BCUT2D eigenvalue weighted by atomic mass is 10.1. The van der Waals surface area contributed by atoms with E-state index >= 15 is 0 Å². The van der Waals surface area contributed by atoms with Crippen LogP contribution in [-0.4, -0.2) is 26.1 Å². The monoisotopic (exact) mass is 209 g/mol. The second kappa shape index (κ2) is 3.29. The number of aromatic nitrogens is 4. The number of hydrogen-bond donors (Lipinski definition) is 1. The lowest BCUT2D eigenvalue weighted by molar-refractivity contribution is -0.123. The van der Waals surface area contributed by atoms with Crippen molar-refractivity contribution >= 4 is 5.91 Å². The normalized spacial score (nSPS) is 22.5. The molecule has 1 heterocycles. The Morgan fingerprint density at radius 2 is 2.33 bits per heavy atom. The van der Waals surface area contributed by atoms with E-state index in [1.54, 1.807) is 7.05 Å². The Balaban J connectivity index is 1.82. The maximum Gasteiger partial charge on any atom is 0.224 e. The van der Waals surface area contributed by atoms with Gasteiger partial charge in [0.25, 0.3) is 0 Å². The Labute approximate surface area is 88.0 Å². The smallest absolute Gasteiger partial charge is 0.224 e. The number of rotatable bonds is 3. The second-order valence-corrected chi connectivity index (χ2v) is 4.66. The first-order valence-corrected chi connectivity index (χ1v) is 4.99. The van der Waals surface area contributed by atoms with Gasteiger partial charge in [0.15, 0.2) is 5.82 Å². The summed E-state index contributed by atoms with van der Waals surface area (Å²) in [5.74, 6) is 0.783. The maximum atomic E-state index is 11.6. The van der Waals surface area contributed by atoms with E-state index in [4.69, 9.17) is 0 Å². The van der Waals surface area contributed by atoms with Crippen molar-refractivity contribution in [2.24, 2.45) is 18.4 Å². The van der Waals surface area contributed by atoms with Crippen LogP contribution in [0, 0.1) is 11.3 Å². The molecule has 1 atom stereocenters. The maximum absolute atomic E-state index is 11.6. The molecule has 0 aromatic carbocycles.